The topological polar surface area (TPSA) is 3.24 Å². The van der Waals surface area contributed by atoms with E-state index in [9.17, 15) is 0 Å². The Morgan fingerprint density at radius 1 is 1.27 bits per heavy atom. The third kappa shape index (κ3) is 3.63. The molecule has 0 aromatic heterocycles. The molecule has 1 saturated heterocycles. The van der Waals surface area contributed by atoms with E-state index in [4.69, 9.17) is 11.6 Å². The molecule has 84 valence electrons. The van der Waals surface area contributed by atoms with Crippen LogP contribution < -0.4 is 0 Å². The van der Waals surface area contributed by atoms with Gasteiger partial charge in [0.1, 0.15) is 0 Å². The molecule has 1 aliphatic heterocycles. The molecule has 0 bridgehead atoms. The van der Waals surface area contributed by atoms with Crippen molar-refractivity contribution in [3.05, 3.63) is 33.3 Å². The molecule has 1 aromatic rings. The molecule has 0 saturated carbocycles. The van der Waals surface area contributed by atoms with Gasteiger partial charge in [0.2, 0.25) is 0 Å². The SMILES string of the molecule is Cl.Clc1cc(Br)ccc1CN1CCCC1. The summed E-state index contributed by atoms with van der Waals surface area (Å²) < 4.78 is 1.05. The third-order valence-electron chi connectivity index (χ3n) is 2.61. The molecule has 2 rings (SSSR count). The highest BCUT2D eigenvalue weighted by Crippen LogP contribution is 2.23. The van der Waals surface area contributed by atoms with Crippen molar-refractivity contribution in [3.8, 4) is 0 Å². The molecule has 0 radical (unpaired) electrons. The average Bonchev–Trinajstić information content (AvgIpc) is 2.62. The van der Waals surface area contributed by atoms with Crippen molar-refractivity contribution in [1.29, 1.82) is 0 Å². The molecule has 1 aromatic carbocycles. The molecule has 0 spiro atoms. The van der Waals surface area contributed by atoms with Crippen LogP contribution in [0.15, 0.2) is 22.7 Å². The van der Waals surface area contributed by atoms with E-state index >= 15 is 0 Å². The van der Waals surface area contributed by atoms with E-state index in [0.717, 1.165) is 16.0 Å². The number of nitrogens with zero attached hydrogens (tertiary/aromatic N) is 1. The van der Waals surface area contributed by atoms with Gasteiger partial charge in [0.15, 0.2) is 0 Å². The molecule has 1 nitrogen and oxygen atoms in total. The predicted octanol–water partition coefficient (Wildman–Crippen LogP) is 4.12. The van der Waals surface area contributed by atoms with Gasteiger partial charge < -0.3 is 0 Å². The second kappa shape index (κ2) is 6.09. The lowest BCUT2D eigenvalue weighted by Gasteiger charge is -2.15. The first-order chi connectivity index (χ1) is 6.75. The molecule has 1 heterocycles. The van der Waals surface area contributed by atoms with E-state index in [0.29, 0.717) is 0 Å². The standard InChI is InChI=1S/C11H13BrClN.ClH/c12-10-4-3-9(11(13)7-10)8-14-5-1-2-6-14;/h3-4,7H,1-2,5-6,8H2;1H. The van der Waals surface area contributed by atoms with Crippen LogP contribution in [0.25, 0.3) is 0 Å². The summed E-state index contributed by atoms with van der Waals surface area (Å²) >= 11 is 9.56. The molecule has 0 aliphatic carbocycles. The third-order valence-corrected chi connectivity index (χ3v) is 3.45. The summed E-state index contributed by atoms with van der Waals surface area (Å²) in [6.07, 6.45) is 2.66. The molecular formula is C11H14BrCl2N. The van der Waals surface area contributed by atoms with Crippen LogP contribution >= 0.6 is 39.9 Å². The highest BCUT2D eigenvalue weighted by Gasteiger charge is 2.13. The van der Waals surface area contributed by atoms with Crippen LogP contribution in [0, 0.1) is 0 Å². The van der Waals surface area contributed by atoms with Crippen LogP contribution in [0.2, 0.25) is 5.02 Å². The normalized spacial score (nSPS) is 16.4. The molecule has 0 amide bonds. The van der Waals surface area contributed by atoms with Crippen LogP contribution in [0.4, 0.5) is 0 Å². The lowest BCUT2D eigenvalue weighted by molar-refractivity contribution is 0.331. The maximum Gasteiger partial charge on any atom is 0.0462 e. The fraction of sp³-hybridized carbons (Fsp3) is 0.455. The van der Waals surface area contributed by atoms with E-state index in [1.807, 2.05) is 6.07 Å². The zero-order valence-electron chi connectivity index (χ0n) is 8.38. The van der Waals surface area contributed by atoms with Gasteiger partial charge in [-0.2, -0.15) is 0 Å². The Morgan fingerprint density at radius 3 is 2.53 bits per heavy atom. The Labute approximate surface area is 110 Å². The van der Waals surface area contributed by atoms with E-state index in [2.05, 4.69) is 33.0 Å². The predicted molar refractivity (Wildman–Crippen MR) is 70.9 cm³/mol. The zero-order valence-corrected chi connectivity index (χ0v) is 11.5. The smallest absolute Gasteiger partial charge is 0.0462 e. The maximum atomic E-state index is 6.15. The van der Waals surface area contributed by atoms with Crippen LogP contribution in [0.1, 0.15) is 18.4 Å². The van der Waals surface area contributed by atoms with Crippen LogP contribution in [0.5, 0.6) is 0 Å². The second-order valence-electron chi connectivity index (χ2n) is 3.72. The lowest BCUT2D eigenvalue weighted by Crippen LogP contribution is -2.18. The lowest BCUT2D eigenvalue weighted by atomic mass is 10.2. The Balaban J connectivity index is 0.00000112. The first kappa shape index (κ1) is 13.3. The molecular weight excluding hydrogens is 297 g/mol. The Kier molecular flexibility index (Phi) is 5.41. The van der Waals surface area contributed by atoms with Gasteiger partial charge in [-0.15, -0.1) is 12.4 Å². The fourth-order valence-electron chi connectivity index (χ4n) is 1.83. The molecule has 0 N–H and O–H groups in total. The van der Waals surface area contributed by atoms with Crippen molar-refractivity contribution >= 4 is 39.9 Å². The van der Waals surface area contributed by atoms with E-state index in [1.54, 1.807) is 0 Å². The van der Waals surface area contributed by atoms with Gasteiger partial charge in [-0.25, -0.2) is 0 Å². The molecule has 1 fully saturated rings. The van der Waals surface area contributed by atoms with Crippen molar-refractivity contribution in [2.24, 2.45) is 0 Å². The Hall–Kier alpha value is 0.240. The van der Waals surface area contributed by atoms with E-state index < -0.39 is 0 Å². The Bertz CT molecular complexity index is 324. The molecule has 15 heavy (non-hydrogen) atoms. The second-order valence-corrected chi connectivity index (χ2v) is 5.04. The van der Waals surface area contributed by atoms with Crippen molar-refractivity contribution in [2.75, 3.05) is 13.1 Å². The number of likely N-dealkylation sites (tertiary alicyclic amines) is 1. The van der Waals surface area contributed by atoms with E-state index in [1.165, 1.54) is 31.5 Å². The van der Waals surface area contributed by atoms with E-state index in [-0.39, 0.29) is 12.4 Å². The van der Waals surface area contributed by atoms with Gasteiger partial charge in [-0.1, -0.05) is 33.6 Å². The van der Waals surface area contributed by atoms with Crippen molar-refractivity contribution in [1.82, 2.24) is 4.90 Å². The highest BCUT2D eigenvalue weighted by molar-refractivity contribution is 9.10. The molecule has 0 unspecified atom stereocenters. The van der Waals surface area contributed by atoms with Crippen LogP contribution in [-0.2, 0) is 6.54 Å². The minimum absolute atomic E-state index is 0. The highest BCUT2D eigenvalue weighted by atomic mass is 79.9. The van der Waals surface area contributed by atoms with Gasteiger partial charge in [0.05, 0.1) is 0 Å². The summed E-state index contributed by atoms with van der Waals surface area (Å²) in [6.45, 7) is 3.42. The monoisotopic (exact) mass is 309 g/mol. The fourth-order valence-corrected chi connectivity index (χ4v) is 2.56. The Morgan fingerprint density at radius 2 is 1.93 bits per heavy atom. The minimum Gasteiger partial charge on any atom is -0.299 e. The van der Waals surface area contributed by atoms with Crippen molar-refractivity contribution in [3.63, 3.8) is 0 Å². The number of hydrogen-bond acceptors (Lipinski definition) is 1. The average molecular weight is 311 g/mol. The van der Waals surface area contributed by atoms with Gasteiger partial charge in [0.25, 0.3) is 0 Å². The number of benzene rings is 1. The summed E-state index contributed by atoms with van der Waals surface area (Å²) in [5.41, 5.74) is 1.23. The number of halogens is 3. The largest absolute Gasteiger partial charge is 0.299 e. The summed E-state index contributed by atoms with van der Waals surface area (Å²) in [4.78, 5) is 2.45. The van der Waals surface area contributed by atoms with Crippen LogP contribution in [-0.4, -0.2) is 18.0 Å². The molecule has 4 heteroatoms. The van der Waals surface area contributed by atoms with Gasteiger partial charge in [-0.05, 0) is 43.6 Å². The quantitative estimate of drug-likeness (QED) is 0.794. The van der Waals surface area contributed by atoms with Crippen LogP contribution in [0.3, 0.4) is 0 Å². The zero-order chi connectivity index (χ0) is 9.97. The van der Waals surface area contributed by atoms with Gasteiger partial charge >= 0.3 is 0 Å². The summed E-state index contributed by atoms with van der Waals surface area (Å²) in [5.74, 6) is 0. The first-order valence-electron chi connectivity index (χ1n) is 4.92. The first-order valence-corrected chi connectivity index (χ1v) is 6.09. The number of hydrogen-bond donors (Lipinski definition) is 0. The molecule has 1 aliphatic rings. The van der Waals surface area contributed by atoms with Crippen molar-refractivity contribution in [2.45, 2.75) is 19.4 Å². The van der Waals surface area contributed by atoms with Gasteiger partial charge in [0, 0.05) is 16.0 Å². The summed E-state index contributed by atoms with van der Waals surface area (Å²) in [5, 5.41) is 0.867. The van der Waals surface area contributed by atoms with Crippen molar-refractivity contribution < 1.29 is 0 Å². The summed E-state index contributed by atoms with van der Waals surface area (Å²) in [6, 6.07) is 6.12. The molecule has 0 atom stereocenters. The minimum atomic E-state index is 0. The summed E-state index contributed by atoms with van der Waals surface area (Å²) in [7, 11) is 0. The maximum absolute atomic E-state index is 6.15. The van der Waals surface area contributed by atoms with Gasteiger partial charge in [-0.3, -0.25) is 4.90 Å². The number of rotatable bonds is 2.